The first-order chi connectivity index (χ1) is 8.25. The fourth-order valence-electron chi connectivity index (χ4n) is 1.79. The van der Waals surface area contributed by atoms with Crippen molar-refractivity contribution in [3.05, 3.63) is 18.0 Å². The average molecular weight is 254 g/mol. The van der Waals surface area contributed by atoms with Gasteiger partial charge in [-0.15, -0.1) is 0 Å². The van der Waals surface area contributed by atoms with Gasteiger partial charge in [-0.3, -0.25) is 9.48 Å². The van der Waals surface area contributed by atoms with Gasteiger partial charge in [0.15, 0.2) is 0 Å². The standard InChI is InChI=1S/C11H18N4OS/c1-15-7-9(6-14-15)2-3-13-11(16)10-8-17-5-4-12-10/h6-7,10,12H,2-5,8H2,1H3,(H,13,16). The van der Waals surface area contributed by atoms with Crippen molar-refractivity contribution in [2.75, 3.05) is 24.6 Å². The molecular formula is C11H18N4OS. The molecule has 1 aliphatic heterocycles. The highest BCUT2D eigenvalue weighted by atomic mass is 32.2. The van der Waals surface area contributed by atoms with E-state index in [1.807, 2.05) is 31.2 Å². The van der Waals surface area contributed by atoms with Gasteiger partial charge in [-0.1, -0.05) is 0 Å². The molecule has 1 fully saturated rings. The molecule has 1 unspecified atom stereocenters. The number of nitrogens with zero attached hydrogens (tertiary/aromatic N) is 2. The van der Waals surface area contributed by atoms with Crippen LogP contribution in [0, 0.1) is 0 Å². The lowest BCUT2D eigenvalue weighted by Gasteiger charge is -2.22. The maximum absolute atomic E-state index is 11.8. The average Bonchev–Trinajstić information content (AvgIpc) is 2.76. The Bertz CT molecular complexity index is 373. The molecule has 17 heavy (non-hydrogen) atoms. The predicted octanol–water partition coefficient (Wildman–Crippen LogP) is -0.216. The quantitative estimate of drug-likeness (QED) is 0.780. The van der Waals surface area contributed by atoms with Gasteiger partial charge in [-0.2, -0.15) is 16.9 Å². The van der Waals surface area contributed by atoms with Gasteiger partial charge in [-0.05, 0) is 12.0 Å². The number of thioether (sulfide) groups is 1. The topological polar surface area (TPSA) is 59.0 Å². The smallest absolute Gasteiger partial charge is 0.238 e. The first-order valence-corrected chi connectivity index (χ1v) is 6.97. The van der Waals surface area contributed by atoms with Crippen molar-refractivity contribution < 1.29 is 4.79 Å². The van der Waals surface area contributed by atoms with Crippen LogP contribution in [-0.4, -0.2) is 46.3 Å². The lowest BCUT2D eigenvalue weighted by atomic mass is 10.2. The highest BCUT2D eigenvalue weighted by molar-refractivity contribution is 7.99. The second-order valence-electron chi connectivity index (χ2n) is 4.14. The molecule has 1 aliphatic rings. The fraction of sp³-hybridized carbons (Fsp3) is 0.636. The molecule has 2 N–H and O–H groups in total. The zero-order chi connectivity index (χ0) is 12.1. The first-order valence-electron chi connectivity index (χ1n) is 5.82. The van der Waals surface area contributed by atoms with E-state index in [-0.39, 0.29) is 11.9 Å². The molecule has 5 nitrogen and oxygen atoms in total. The van der Waals surface area contributed by atoms with Gasteiger partial charge < -0.3 is 10.6 Å². The Hall–Kier alpha value is -1.01. The summed E-state index contributed by atoms with van der Waals surface area (Å²) < 4.78 is 1.77. The number of hydrogen-bond acceptors (Lipinski definition) is 4. The van der Waals surface area contributed by atoms with E-state index in [9.17, 15) is 4.79 Å². The minimum atomic E-state index is -0.0253. The molecular weight excluding hydrogens is 236 g/mol. The normalized spacial score (nSPS) is 20.2. The summed E-state index contributed by atoms with van der Waals surface area (Å²) >= 11 is 1.83. The lowest BCUT2D eigenvalue weighted by molar-refractivity contribution is -0.122. The molecule has 0 bridgehead atoms. The number of carbonyl (C=O) groups excluding carboxylic acids is 1. The molecule has 0 aromatic carbocycles. The minimum Gasteiger partial charge on any atom is -0.354 e. The first kappa shape index (κ1) is 12.4. The van der Waals surface area contributed by atoms with Crippen molar-refractivity contribution >= 4 is 17.7 Å². The van der Waals surface area contributed by atoms with Crippen LogP contribution in [0.1, 0.15) is 5.56 Å². The number of aryl methyl sites for hydroxylation is 1. The van der Waals surface area contributed by atoms with Crippen LogP contribution in [0.25, 0.3) is 0 Å². The van der Waals surface area contributed by atoms with E-state index >= 15 is 0 Å². The van der Waals surface area contributed by atoms with Gasteiger partial charge in [0.1, 0.15) is 0 Å². The van der Waals surface area contributed by atoms with Crippen LogP contribution in [0.4, 0.5) is 0 Å². The third kappa shape index (κ3) is 3.74. The summed E-state index contributed by atoms with van der Waals surface area (Å²) in [4.78, 5) is 11.8. The van der Waals surface area contributed by atoms with E-state index < -0.39 is 0 Å². The minimum absolute atomic E-state index is 0.0253. The molecule has 94 valence electrons. The van der Waals surface area contributed by atoms with Gasteiger partial charge in [-0.25, -0.2) is 0 Å². The molecule has 1 amide bonds. The summed E-state index contributed by atoms with van der Waals surface area (Å²) in [7, 11) is 1.89. The van der Waals surface area contributed by atoms with Crippen LogP contribution < -0.4 is 10.6 Å². The number of amides is 1. The van der Waals surface area contributed by atoms with E-state index in [1.165, 1.54) is 0 Å². The van der Waals surface area contributed by atoms with Crippen LogP contribution >= 0.6 is 11.8 Å². The number of carbonyl (C=O) groups is 1. The third-order valence-electron chi connectivity index (χ3n) is 2.71. The van der Waals surface area contributed by atoms with Crippen LogP contribution in [0.3, 0.4) is 0 Å². The van der Waals surface area contributed by atoms with Gasteiger partial charge in [0.2, 0.25) is 5.91 Å². The van der Waals surface area contributed by atoms with Gasteiger partial charge in [0.25, 0.3) is 0 Å². The maximum Gasteiger partial charge on any atom is 0.238 e. The van der Waals surface area contributed by atoms with Crippen molar-refractivity contribution in [3.8, 4) is 0 Å². The van der Waals surface area contributed by atoms with Crippen molar-refractivity contribution in [1.29, 1.82) is 0 Å². The van der Waals surface area contributed by atoms with Crippen molar-refractivity contribution in [2.45, 2.75) is 12.5 Å². The zero-order valence-electron chi connectivity index (χ0n) is 9.98. The fourth-order valence-corrected chi connectivity index (χ4v) is 2.72. The Labute approximate surface area is 105 Å². The van der Waals surface area contributed by atoms with Crippen molar-refractivity contribution in [2.24, 2.45) is 7.05 Å². The SMILES string of the molecule is Cn1cc(CCNC(=O)C2CSCCN2)cn1. The molecule has 6 heteroatoms. The van der Waals surface area contributed by atoms with Gasteiger partial charge in [0, 0.05) is 37.8 Å². The van der Waals surface area contributed by atoms with Crippen LogP contribution in [0.2, 0.25) is 0 Å². The molecule has 0 aliphatic carbocycles. The lowest BCUT2D eigenvalue weighted by Crippen LogP contribution is -2.49. The summed E-state index contributed by atoms with van der Waals surface area (Å²) in [6.45, 7) is 1.60. The predicted molar refractivity (Wildman–Crippen MR) is 69.0 cm³/mol. The monoisotopic (exact) mass is 254 g/mol. The maximum atomic E-state index is 11.8. The second-order valence-corrected chi connectivity index (χ2v) is 5.29. The molecule has 0 saturated carbocycles. The summed E-state index contributed by atoms with van der Waals surface area (Å²) in [5.41, 5.74) is 1.15. The van der Waals surface area contributed by atoms with Crippen molar-refractivity contribution in [3.63, 3.8) is 0 Å². The van der Waals surface area contributed by atoms with Crippen LogP contribution in [0.15, 0.2) is 12.4 Å². The van der Waals surface area contributed by atoms with Gasteiger partial charge >= 0.3 is 0 Å². The van der Waals surface area contributed by atoms with E-state index in [2.05, 4.69) is 15.7 Å². The molecule has 2 rings (SSSR count). The second kappa shape index (κ2) is 6.07. The summed E-state index contributed by atoms with van der Waals surface area (Å²) in [6.07, 6.45) is 4.64. The highest BCUT2D eigenvalue weighted by Gasteiger charge is 2.20. The molecule has 2 heterocycles. The Kier molecular flexibility index (Phi) is 4.44. The van der Waals surface area contributed by atoms with E-state index in [1.54, 1.807) is 4.68 Å². The largest absolute Gasteiger partial charge is 0.354 e. The third-order valence-corrected chi connectivity index (χ3v) is 3.77. The molecule has 1 atom stereocenters. The summed E-state index contributed by atoms with van der Waals surface area (Å²) in [6, 6.07) is -0.0253. The molecule has 1 saturated heterocycles. The summed E-state index contributed by atoms with van der Waals surface area (Å²) in [5, 5.41) is 10.3. The molecule has 1 aromatic rings. The van der Waals surface area contributed by atoms with E-state index in [0.29, 0.717) is 6.54 Å². The van der Waals surface area contributed by atoms with E-state index in [4.69, 9.17) is 0 Å². The number of rotatable bonds is 4. The molecule has 1 aromatic heterocycles. The molecule has 0 spiro atoms. The molecule has 0 radical (unpaired) electrons. The van der Waals surface area contributed by atoms with Crippen LogP contribution in [-0.2, 0) is 18.3 Å². The highest BCUT2D eigenvalue weighted by Crippen LogP contribution is 2.07. The Morgan fingerprint density at radius 3 is 3.29 bits per heavy atom. The Morgan fingerprint density at radius 2 is 2.65 bits per heavy atom. The Balaban J connectivity index is 1.69. The number of aromatic nitrogens is 2. The zero-order valence-corrected chi connectivity index (χ0v) is 10.8. The number of nitrogens with one attached hydrogen (secondary N) is 2. The number of hydrogen-bond donors (Lipinski definition) is 2. The van der Waals surface area contributed by atoms with E-state index in [0.717, 1.165) is 30.0 Å². The van der Waals surface area contributed by atoms with Crippen LogP contribution in [0.5, 0.6) is 0 Å². The van der Waals surface area contributed by atoms with Crippen molar-refractivity contribution in [1.82, 2.24) is 20.4 Å². The van der Waals surface area contributed by atoms with Gasteiger partial charge in [0.05, 0.1) is 12.2 Å². The summed E-state index contributed by atoms with van der Waals surface area (Å²) in [5.74, 6) is 2.08. The Morgan fingerprint density at radius 1 is 1.76 bits per heavy atom.